The van der Waals surface area contributed by atoms with Crippen molar-refractivity contribution in [1.82, 2.24) is 0 Å². The van der Waals surface area contributed by atoms with Crippen molar-refractivity contribution in [2.75, 3.05) is 6.61 Å². The van der Waals surface area contributed by atoms with Crippen molar-refractivity contribution in [2.45, 2.75) is 50.3 Å². The zero-order valence-corrected chi connectivity index (χ0v) is 11.6. The Hall–Kier alpha value is 0.657. The molecular weight excluding hydrogens is 232 g/mol. The Balaban J connectivity index is 3.75. The molecule has 0 aliphatic rings. The SMILES string of the molecule is CCC(Br)OCC(C)(C)[SiH](C)C. The van der Waals surface area contributed by atoms with Crippen LogP contribution < -0.4 is 0 Å². The van der Waals surface area contributed by atoms with Gasteiger partial charge in [0.25, 0.3) is 0 Å². The van der Waals surface area contributed by atoms with E-state index in [1.165, 1.54) is 0 Å². The highest BCUT2D eigenvalue weighted by molar-refractivity contribution is 9.09. The van der Waals surface area contributed by atoms with Crippen LogP contribution in [0, 0.1) is 0 Å². The van der Waals surface area contributed by atoms with Gasteiger partial charge in [0.05, 0.1) is 6.61 Å². The average Bonchev–Trinajstić information content (AvgIpc) is 2.00. The van der Waals surface area contributed by atoms with E-state index in [0.29, 0.717) is 5.04 Å². The van der Waals surface area contributed by atoms with Gasteiger partial charge in [0, 0.05) is 8.80 Å². The molecule has 3 heteroatoms. The summed E-state index contributed by atoms with van der Waals surface area (Å²) in [6, 6.07) is 0. The average molecular weight is 253 g/mol. The second kappa shape index (κ2) is 5.40. The van der Waals surface area contributed by atoms with Crippen LogP contribution in [0.2, 0.25) is 18.1 Å². The van der Waals surface area contributed by atoms with Gasteiger partial charge in [0.1, 0.15) is 5.01 Å². The molecule has 12 heavy (non-hydrogen) atoms. The van der Waals surface area contributed by atoms with E-state index in [0.717, 1.165) is 13.0 Å². The lowest BCUT2D eigenvalue weighted by Gasteiger charge is -2.28. The van der Waals surface area contributed by atoms with Gasteiger partial charge >= 0.3 is 0 Å². The molecule has 0 aromatic heterocycles. The van der Waals surface area contributed by atoms with Crippen LogP contribution in [-0.4, -0.2) is 20.4 Å². The summed E-state index contributed by atoms with van der Waals surface area (Å²) in [6.45, 7) is 12.4. The topological polar surface area (TPSA) is 9.23 Å². The quantitative estimate of drug-likeness (QED) is 0.539. The van der Waals surface area contributed by atoms with E-state index in [1.807, 2.05) is 0 Å². The van der Waals surface area contributed by atoms with Crippen LogP contribution in [-0.2, 0) is 4.74 Å². The lowest BCUT2D eigenvalue weighted by molar-refractivity contribution is 0.0955. The second-order valence-electron chi connectivity index (χ2n) is 4.27. The second-order valence-corrected chi connectivity index (χ2v) is 9.17. The zero-order valence-electron chi connectivity index (χ0n) is 8.86. The number of halogens is 1. The summed E-state index contributed by atoms with van der Waals surface area (Å²) in [6.07, 6.45) is 1.04. The van der Waals surface area contributed by atoms with Crippen molar-refractivity contribution in [1.29, 1.82) is 0 Å². The number of hydrogen-bond acceptors (Lipinski definition) is 1. The van der Waals surface area contributed by atoms with Gasteiger partial charge in [-0.05, 0) is 11.5 Å². The lowest BCUT2D eigenvalue weighted by atomic mass is 10.2. The van der Waals surface area contributed by atoms with Crippen molar-refractivity contribution in [2.24, 2.45) is 0 Å². The fraction of sp³-hybridized carbons (Fsp3) is 1.00. The molecule has 0 bridgehead atoms. The third-order valence-electron chi connectivity index (χ3n) is 2.52. The summed E-state index contributed by atoms with van der Waals surface area (Å²) >= 11 is 3.47. The van der Waals surface area contributed by atoms with Gasteiger partial charge in [0.2, 0.25) is 0 Å². The van der Waals surface area contributed by atoms with Gasteiger partial charge in [0.15, 0.2) is 0 Å². The van der Waals surface area contributed by atoms with Crippen LogP contribution in [0.3, 0.4) is 0 Å². The summed E-state index contributed by atoms with van der Waals surface area (Å²) < 4.78 is 5.67. The lowest BCUT2D eigenvalue weighted by Crippen LogP contribution is -2.27. The summed E-state index contributed by atoms with van der Waals surface area (Å²) in [7, 11) is -0.595. The van der Waals surface area contributed by atoms with Crippen molar-refractivity contribution in [3.63, 3.8) is 0 Å². The molecule has 0 radical (unpaired) electrons. The predicted octanol–water partition coefficient (Wildman–Crippen LogP) is 3.40. The van der Waals surface area contributed by atoms with E-state index >= 15 is 0 Å². The van der Waals surface area contributed by atoms with Crippen LogP contribution in [0.25, 0.3) is 0 Å². The molecular formula is C9H21BrOSi. The Morgan fingerprint density at radius 2 is 1.92 bits per heavy atom. The standard InChI is InChI=1S/C9H21BrOSi/c1-6-8(10)11-7-9(2,3)12(4)5/h8,12H,6-7H2,1-5H3. The summed E-state index contributed by atoms with van der Waals surface area (Å²) in [5, 5.41) is 0.658. The van der Waals surface area contributed by atoms with Crippen LogP contribution >= 0.6 is 15.9 Å². The molecule has 0 aliphatic heterocycles. The maximum atomic E-state index is 5.67. The van der Waals surface area contributed by atoms with Crippen molar-refractivity contribution < 1.29 is 4.74 Å². The molecule has 0 aromatic rings. The first kappa shape index (κ1) is 12.7. The van der Waals surface area contributed by atoms with Gasteiger partial charge in [-0.2, -0.15) is 0 Å². The smallest absolute Gasteiger partial charge is 0.112 e. The van der Waals surface area contributed by atoms with Crippen molar-refractivity contribution >= 4 is 24.7 Å². The highest BCUT2D eigenvalue weighted by atomic mass is 79.9. The van der Waals surface area contributed by atoms with E-state index in [2.05, 4.69) is 49.8 Å². The largest absolute Gasteiger partial charge is 0.367 e. The molecule has 1 unspecified atom stereocenters. The highest BCUT2D eigenvalue weighted by Gasteiger charge is 2.24. The third kappa shape index (κ3) is 4.63. The first-order valence-electron chi connectivity index (χ1n) is 4.65. The Labute approximate surface area is 86.6 Å². The molecule has 0 spiro atoms. The third-order valence-corrected chi connectivity index (χ3v) is 6.72. The van der Waals surface area contributed by atoms with Crippen LogP contribution in [0.15, 0.2) is 0 Å². The molecule has 0 N–H and O–H groups in total. The molecule has 0 aliphatic carbocycles. The molecule has 0 heterocycles. The van der Waals surface area contributed by atoms with Crippen molar-refractivity contribution in [3.05, 3.63) is 0 Å². The maximum absolute atomic E-state index is 5.67. The Morgan fingerprint density at radius 3 is 2.25 bits per heavy atom. The fourth-order valence-corrected chi connectivity index (χ4v) is 1.15. The minimum absolute atomic E-state index is 0.240. The summed E-state index contributed by atoms with van der Waals surface area (Å²) in [4.78, 5) is 0. The normalized spacial score (nSPS) is 15.2. The van der Waals surface area contributed by atoms with E-state index < -0.39 is 8.80 Å². The van der Waals surface area contributed by atoms with E-state index in [9.17, 15) is 0 Å². The van der Waals surface area contributed by atoms with Crippen molar-refractivity contribution in [3.8, 4) is 0 Å². The van der Waals surface area contributed by atoms with E-state index in [4.69, 9.17) is 4.74 Å². The number of hydrogen-bond donors (Lipinski definition) is 0. The molecule has 0 saturated heterocycles. The number of ether oxygens (including phenoxy) is 1. The Kier molecular flexibility index (Phi) is 5.70. The Bertz CT molecular complexity index is 126. The monoisotopic (exact) mass is 252 g/mol. The predicted molar refractivity (Wildman–Crippen MR) is 61.9 cm³/mol. The molecule has 0 aromatic carbocycles. The maximum Gasteiger partial charge on any atom is 0.112 e. The van der Waals surface area contributed by atoms with Crippen LogP contribution in [0.1, 0.15) is 27.2 Å². The van der Waals surface area contributed by atoms with Crippen LogP contribution in [0.5, 0.6) is 0 Å². The van der Waals surface area contributed by atoms with Gasteiger partial charge in [-0.15, -0.1) is 0 Å². The minimum Gasteiger partial charge on any atom is -0.367 e. The van der Waals surface area contributed by atoms with E-state index in [1.54, 1.807) is 0 Å². The Morgan fingerprint density at radius 1 is 1.42 bits per heavy atom. The molecule has 1 nitrogen and oxygen atoms in total. The molecule has 0 fully saturated rings. The van der Waals surface area contributed by atoms with Gasteiger partial charge < -0.3 is 4.74 Å². The molecule has 0 rings (SSSR count). The molecule has 0 amide bonds. The van der Waals surface area contributed by atoms with Gasteiger partial charge in [-0.1, -0.05) is 49.8 Å². The van der Waals surface area contributed by atoms with E-state index in [-0.39, 0.29) is 5.01 Å². The fourth-order valence-electron chi connectivity index (χ4n) is 0.590. The first-order chi connectivity index (χ1) is 5.40. The molecule has 1 atom stereocenters. The first-order valence-corrected chi connectivity index (χ1v) is 8.46. The minimum atomic E-state index is -0.595. The highest BCUT2D eigenvalue weighted by Crippen LogP contribution is 2.29. The zero-order chi connectivity index (χ0) is 9.78. The molecule has 74 valence electrons. The molecule has 0 saturated carbocycles. The van der Waals surface area contributed by atoms with Gasteiger partial charge in [-0.3, -0.25) is 0 Å². The number of rotatable bonds is 5. The summed E-state index contributed by atoms with van der Waals surface area (Å²) in [5.41, 5.74) is 0. The number of alkyl halides is 1. The van der Waals surface area contributed by atoms with Gasteiger partial charge in [-0.25, -0.2) is 0 Å². The van der Waals surface area contributed by atoms with Crippen LogP contribution in [0.4, 0.5) is 0 Å². The summed E-state index contributed by atoms with van der Waals surface area (Å²) in [5.74, 6) is 0.